The summed E-state index contributed by atoms with van der Waals surface area (Å²) in [4.78, 5) is 13.2. The molecule has 0 radical (unpaired) electrons. The highest BCUT2D eigenvalue weighted by molar-refractivity contribution is 5.81. The molecule has 1 atom stereocenters. The molecule has 0 rings (SSSR count). The van der Waals surface area contributed by atoms with E-state index in [1.807, 2.05) is 6.92 Å². The summed E-state index contributed by atoms with van der Waals surface area (Å²) < 4.78 is 0. The summed E-state index contributed by atoms with van der Waals surface area (Å²) in [5.41, 5.74) is 0. The van der Waals surface area contributed by atoms with Crippen LogP contribution in [0, 0.1) is 0 Å². The minimum atomic E-state index is -0.311. The summed E-state index contributed by atoms with van der Waals surface area (Å²) >= 11 is 0. The molecule has 5 heteroatoms. The Bertz CT molecular complexity index is 158. The van der Waals surface area contributed by atoms with Gasteiger partial charge in [-0.2, -0.15) is 0 Å². The van der Waals surface area contributed by atoms with Gasteiger partial charge in [-0.05, 0) is 13.8 Å². The standard InChI is InChI=1S/C9H20N2O3/c1-3-10-9(14)8(2)11(4-6-12)5-7-13/h8,12-13H,3-7H2,1-2H3,(H,10,14). The third kappa shape index (κ3) is 4.55. The third-order valence-electron chi connectivity index (χ3n) is 2.05. The zero-order chi connectivity index (χ0) is 11.0. The van der Waals surface area contributed by atoms with Crippen molar-refractivity contribution >= 4 is 5.91 Å². The molecule has 0 aliphatic heterocycles. The molecule has 5 nitrogen and oxygen atoms in total. The van der Waals surface area contributed by atoms with E-state index in [0.29, 0.717) is 19.6 Å². The monoisotopic (exact) mass is 204 g/mol. The van der Waals surface area contributed by atoms with Crippen molar-refractivity contribution in [3.05, 3.63) is 0 Å². The van der Waals surface area contributed by atoms with Crippen molar-refractivity contribution in [2.75, 3.05) is 32.8 Å². The summed E-state index contributed by atoms with van der Waals surface area (Å²) in [6.45, 7) is 4.99. The number of aliphatic hydroxyl groups is 2. The predicted octanol–water partition coefficient (Wildman–Crippen LogP) is -1.20. The number of amides is 1. The Kier molecular flexibility index (Phi) is 7.37. The zero-order valence-corrected chi connectivity index (χ0v) is 8.86. The molecule has 0 aromatic rings. The first kappa shape index (κ1) is 13.4. The van der Waals surface area contributed by atoms with E-state index in [4.69, 9.17) is 10.2 Å². The van der Waals surface area contributed by atoms with E-state index in [1.54, 1.807) is 11.8 Å². The molecule has 1 amide bonds. The van der Waals surface area contributed by atoms with E-state index in [2.05, 4.69) is 5.32 Å². The Hall–Kier alpha value is -0.650. The largest absolute Gasteiger partial charge is 0.395 e. The van der Waals surface area contributed by atoms with Gasteiger partial charge in [-0.25, -0.2) is 0 Å². The Balaban J connectivity index is 4.11. The van der Waals surface area contributed by atoms with Crippen molar-refractivity contribution in [3.63, 3.8) is 0 Å². The van der Waals surface area contributed by atoms with Crippen molar-refractivity contribution in [3.8, 4) is 0 Å². The number of aliphatic hydroxyl groups excluding tert-OH is 2. The maximum Gasteiger partial charge on any atom is 0.237 e. The van der Waals surface area contributed by atoms with Crippen LogP contribution in [0.2, 0.25) is 0 Å². The summed E-state index contributed by atoms with van der Waals surface area (Å²) in [6, 6.07) is -0.311. The van der Waals surface area contributed by atoms with E-state index < -0.39 is 0 Å². The van der Waals surface area contributed by atoms with Crippen LogP contribution in [0.25, 0.3) is 0 Å². The van der Waals surface area contributed by atoms with Gasteiger partial charge in [-0.15, -0.1) is 0 Å². The minimum Gasteiger partial charge on any atom is -0.395 e. The number of carbonyl (C=O) groups is 1. The van der Waals surface area contributed by atoms with Crippen molar-refractivity contribution in [1.82, 2.24) is 10.2 Å². The third-order valence-corrected chi connectivity index (χ3v) is 2.05. The summed E-state index contributed by atoms with van der Waals surface area (Å²) in [6.07, 6.45) is 0. The first-order valence-electron chi connectivity index (χ1n) is 4.90. The van der Waals surface area contributed by atoms with Crippen LogP contribution in [-0.4, -0.2) is 59.9 Å². The molecule has 3 N–H and O–H groups in total. The Morgan fingerprint density at radius 3 is 2.21 bits per heavy atom. The summed E-state index contributed by atoms with van der Waals surface area (Å²) in [7, 11) is 0. The average Bonchev–Trinajstić information content (AvgIpc) is 2.17. The minimum absolute atomic E-state index is 0.0102. The van der Waals surface area contributed by atoms with Crippen LogP contribution < -0.4 is 5.32 Å². The lowest BCUT2D eigenvalue weighted by molar-refractivity contribution is -0.126. The van der Waals surface area contributed by atoms with Crippen LogP contribution in [0.1, 0.15) is 13.8 Å². The molecular weight excluding hydrogens is 184 g/mol. The van der Waals surface area contributed by atoms with Crippen LogP contribution in [0.5, 0.6) is 0 Å². The quantitative estimate of drug-likeness (QED) is 0.487. The number of hydrogen-bond acceptors (Lipinski definition) is 4. The Labute approximate surface area is 84.7 Å². The molecule has 0 aliphatic rings. The summed E-state index contributed by atoms with van der Waals surface area (Å²) in [5.74, 6) is -0.0746. The lowest BCUT2D eigenvalue weighted by Crippen LogP contribution is -2.47. The fourth-order valence-electron chi connectivity index (χ4n) is 1.24. The molecule has 0 aromatic heterocycles. The molecular formula is C9H20N2O3. The maximum atomic E-state index is 11.4. The first-order valence-corrected chi connectivity index (χ1v) is 4.90. The number of rotatable bonds is 7. The van der Waals surface area contributed by atoms with Crippen LogP contribution in [0.15, 0.2) is 0 Å². The second kappa shape index (κ2) is 7.73. The highest BCUT2D eigenvalue weighted by atomic mass is 16.3. The molecule has 84 valence electrons. The smallest absolute Gasteiger partial charge is 0.237 e. The van der Waals surface area contributed by atoms with Gasteiger partial charge in [0.25, 0.3) is 0 Å². The van der Waals surface area contributed by atoms with Gasteiger partial charge in [0.05, 0.1) is 19.3 Å². The summed E-state index contributed by atoms with van der Waals surface area (Å²) in [5, 5.41) is 20.2. The van der Waals surface area contributed by atoms with Gasteiger partial charge in [-0.3, -0.25) is 9.69 Å². The van der Waals surface area contributed by atoms with Gasteiger partial charge in [0.15, 0.2) is 0 Å². The SMILES string of the molecule is CCNC(=O)C(C)N(CCO)CCO. The van der Waals surface area contributed by atoms with E-state index in [9.17, 15) is 4.79 Å². The van der Waals surface area contributed by atoms with E-state index in [1.165, 1.54) is 0 Å². The van der Waals surface area contributed by atoms with Crippen molar-refractivity contribution in [2.24, 2.45) is 0 Å². The Morgan fingerprint density at radius 2 is 1.86 bits per heavy atom. The highest BCUT2D eigenvalue weighted by Crippen LogP contribution is 1.97. The number of carbonyl (C=O) groups excluding carboxylic acids is 1. The first-order chi connectivity index (χ1) is 6.67. The van der Waals surface area contributed by atoms with Crippen LogP contribution >= 0.6 is 0 Å². The fraction of sp³-hybridized carbons (Fsp3) is 0.889. The number of hydrogen-bond donors (Lipinski definition) is 3. The topological polar surface area (TPSA) is 72.8 Å². The zero-order valence-electron chi connectivity index (χ0n) is 8.86. The second-order valence-electron chi connectivity index (χ2n) is 3.05. The van der Waals surface area contributed by atoms with Crippen LogP contribution in [0.3, 0.4) is 0 Å². The average molecular weight is 204 g/mol. The molecule has 0 bridgehead atoms. The van der Waals surface area contributed by atoms with Gasteiger partial charge in [0.2, 0.25) is 5.91 Å². The van der Waals surface area contributed by atoms with Gasteiger partial charge in [0, 0.05) is 19.6 Å². The van der Waals surface area contributed by atoms with Gasteiger partial charge < -0.3 is 15.5 Å². The predicted molar refractivity (Wildman–Crippen MR) is 53.9 cm³/mol. The number of likely N-dealkylation sites (N-methyl/N-ethyl adjacent to an activating group) is 1. The highest BCUT2D eigenvalue weighted by Gasteiger charge is 2.19. The van der Waals surface area contributed by atoms with E-state index >= 15 is 0 Å². The Morgan fingerprint density at radius 1 is 1.36 bits per heavy atom. The molecule has 0 saturated carbocycles. The number of nitrogens with zero attached hydrogens (tertiary/aromatic N) is 1. The number of nitrogens with one attached hydrogen (secondary N) is 1. The van der Waals surface area contributed by atoms with Gasteiger partial charge in [0.1, 0.15) is 0 Å². The molecule has 14 heavy (non-hydrogen) atoms. The fourth-order valence-corrected chi connectivity index (χ4v) is 1.24. The van der Waals surface area contributed by atoms with E-state index in [-0.39, 0.29) is 25.2 Å². The van der Waals surface area contributed by atoms with Gasteiger partial charge >= 0.3 is 0 Å². The lowest BCUT2D eigenvalue weighted by Gasteiger charge is -2.26. The molecule has 1 unspecified atom stereocenters. The second-order valence-corrected chi connectivity index (χ2v) is 3.05. The molecule has 0 fully saturated rings. The maximum absolute atomic E-state index is 11.4. The molecule has 0 saturated heterocycles. The molecule has 0 aliphatic carbocycles. The molecule has 0 spiro atoms. The van der Waals surface area contributed by atoms with Gasteiger partial charge in [-0.1, -0.05) is 0 Å². The van der Waals surface area contributed by atoms with Crippen molar-refractivity contribution in [1.29, 1.82) is 0 Å². The van der Waals surface area contributed by atoms with Crippen LogP contribution in [0.4, 0.5) is 0 Å². The molecule has 0 heterocycles. The normalized spacial score (nSPS) is 12.9. The van der Waals surface area contributed by atoms with Crippen LogP contribution in [-0.2, 0) is 4.79 Å². The molecule has 0 aromatic carbocycles. The van der Waals surface area contributed by atoms with E-state index in [0.717, 1.165) is 0 Å². The van der Waals surface area contributed by atoms with Crippen molar-refractivity contribution < 1.29 is 15.0 Å². The lowest BCUT2D eigenvalue weighted by atomic mass is 10.2. The van der Waals surface area contributed by atoms with Crippen molar-refractivity contribution in [2.45, 2.75) is 19.9 Å².